The minimum Gasteiger partial charge on any atom is -0.393 e. The number of hydrogen-bond acceptors (Lipinski definition) is 3. The topological polar surface area (TPSA) is 58.3 Å². The molecule has 0 radical (unpaired) electrons. The molecule has 18 heavy (non-hydrogen) atoms. The predicted molar refractivity (Wildman–Crippen MR) is 79.8 cm³/mol. The van der Waals surface area contributed by atoms with Gasteiger partial charge >= 0.3 is 0 Å². The SMILES string of the molecule is CC(O)CC(C)NC(CN)c1ccc(Br)c(Cl)c1. The van der Waals surface area contributed by atoms with Gasteiger partial charge < -0.3 is 16.2 Å². The zero-order valence-electron chi connectivity index (χ0n) is 10.7. The zero-order chi connectivity index (χ0) is 13.7. The molecule has 0 saturated heterocycles. The van der Waals surface area contributed by atoms with Crippen molar-refractivity contribution in [3.8, 4) is 0 Å². The van der Waals surface area contributed by atoms with Crippen molar-refractivity contribution >= 4 is 27.5 Å². The number of hydrogen-bond donors (Lipinski definition) is 3. The molecule has 0 saturated carbocycles. The summed E-state index contributed by atoms with van der Waals surface area (Å²) in [4.78, 5) is 0. The highest BCUT2D eigenvalue weighted by molar-refractivity contribution is 9.10. The summed E-state index contributed by atoms with van der Waals surface area (Å²) in [7, 11) is 0. The van der Waals surface area contributed by atoms with Crippen molar-refractivity contribution < 1.29 is 5.11 Å². The van der Waals surface area contributed by atoms with Gasteiger partial charge in [0.15, 0.2) is 0 Å². The minimum absolute atomic E-state index is 0.0457. The molecule has 0 spiro atoms. The molecule has 0 bridgehead atoms. The molecule has 5 heteroatoms. The highest BCUT2D eigenvalue weighted by atomic mass is 79.9. The summed E-state index contributed by atoms with van der Waals surface area (Å²) in [6, 6.07) is 6.06. The Bertz CT molecular complexity index is 387. The lowest BCUT2D eigenvalue weighted by molar-refractivity contribution is 0.168. The number of aliphatic hydroxyl groups is 1. The van der Waals surface area contributed by atoms with Crippen molar-refractivity contribution in [2.45, 2.75) is 38.5 Å². The second kappa shape index (κ2) is 7.46. The first-order chi connectivity index (χ1) is 8.43. The van der Waals surface area contributed by atoms with E-state index in [1.165, 1.54) is 0 Å². The van der Waals surface area contributed by atoms with Crippen molar-refractivity contribution in [2.24, 2.45) is 5.73 Å². The lowest BCUT2D eigenvalue weighted by atomic mass is 10.0. The van der Waals surface area contributed by atoms with Crippen LogP contribution in [0.5, 0.6) is 0 Å². The first-order valence-electron chi connectivity index (χ1n) is 6.03. The minimum atomic E-state index is -0.320. The van der Waals surface area contributed by atoms with Gasteiger partial charge in [-0.25, -0.2) is 0 Å². The number of aliphatic hydroxyl groups excluding tert-OH is 1. The van der Waals surface area contributed by atoms with E-state index in [9.17, 15) is 5.11 Å². The van der Waals surface area contributed by atoms with Crippen molar-refractivity contribution in [3.63, 3.8) is 0 Å². The van der Waals surface area contributed by atoms with Crippen molar-refractivity contribution in [3.05, 3.63) is 33.3 Å². The van der Waals surface area contributed by atoms with Gasteiger partial charge in [0.25, 0.3) is 0 Å². The largest absolute Gasteiger partial charge is 0.393 e. The Labute approximate surface area is 122 Å². The molecule has 1 aromatic carbocycles. The van der Waals surface area contributed by atoms with E-state index >= 15 is 0 Å². The lowest BCUT2D eigenvalue weighted by Crippen LogP contribution is -2.36. The fourth-order valence-corrected chi connectivity index (χ4v) is 2.39. The summed E-state index contributed by atoms with van der Waals surface area (Å²) in [6.07, 6.45) is 0.375. The van der Waals surface area contributed by atoms with Gasteiger partial charge in [-0.3, -0.25) is 0 Å². The Hall–Kier alpha value is -0.130. The number of halogens is 2. The second-order valence-electron chi connectivity index (χ2n) is 4.61. The van der Waals surface area contributed by atoms with E-state index in [1.54, 1.807) is 6.92 Å². The van der Waals surface area contributed by atoms with Gasteiger partial charge in [0.1, 0.15) is 0 Å². The fourth-order valence-electron chi connectivity index (χ4n) is 1.95. The molecule has 0 heterocycles. The first-order valence-corrected chi connectivity index (χ1v) is 7.20. The molecule has 1 aromatic rings. The van der Waals surface area contributed by atoms with Crippen LogP contribution < -0.4 is 11.1 Å². The van der Waals surface area contributed by atoms with Gasteiger partial charge in [-0.05, 0) is 53.9 Å². The number of nitrogens with two attached hydrogens (primary N) is 1. The molecule has 0 aliphatic rings. The normalized spacial score (nSPS) is 16.3. The third-order valence-corrected chi connectivity index (χ3v) is 3.99. The van der Waals surface area contributed by atoms with Crippen LogP contribution in [0.3, 0.4) is 0 Å². The molecule has 102 valence electrons. The number of rotatable bonds is 6. The molecule has 3 atom stereocenters. The third kappa shape index (κ3) is 4.86. The predicted octanol–water partition coefficient (Wildman–Crippen LogP) is 2.85. The van der Waals surface area contributed by atoms with Crippen molar-refractivity contribution in [2.75, 3.05) is 6.54 Å². The summed E-state index contributed by atoms with van der Waals surface area (Å²) >= 11 is 9.45. The van der Waals surface area contributed by atoms with Crippen LogP contribution in [0.2, 0.25) is 5.02 Å². The Kier molecular flexibility index (Phi) is 6.60. The van der Waals surface area contributed by atoms with Crippen LogP contribution in [-0.2, 0) is 0 Å². The molecule has 4 N–H and O–H groups in total. The molecule has 3 nitrogen and oxygen atoms in total. The van der Waals surface area contributed by atoms with E-state index in [2.05, 4.69) is 21.2 Å². The highest BCUT2D eigenvalue weighted by Gasteiger charge is 2.15. The Morgan fingerprint density at radius 3 is 2.61 bits per heavy atom. The van der Waals surface area contributed by atoms with Gasteiger partial charge in [-0.1, -0.05) is 17.7 Å². The van der Waals surface area contributed by atoms with Gasteiger partial charge in [0.05, 0.1) is 11.1 Å². The molecule has 0 aliphatic heterocycles. The summed E-state index contributed by atoms with van der Waals surface area (Å²) in [5.41, 5.74) is 6.85. The van der Waals surface area contributed by atoms with Crippen LogP contribution in [0.1, 0.15) is 31.9 Å². The smallest absolute Gasteiger partial charge is 0.0551 e. The second-order valence-corrected chi connectivity index (χ2v) is 5.88. The average molecular weight is 336 g/mol. The van der Waals surface area contributed by atoms with Crippen molar-refractivity contribution in [1.82, 2.24) is 5.32 Å². The van der Waals surface area contributed by atoms with Crippen LogP contribution in [-0.4, -0.2) is 23.8 Å². The van der Waals surface area contributed by atoms with E-state index in [0.29, 0.717) is 18.0 Å². The lowest BCUT2D eigenvalue weighted by Gasteiger charge is -2.23. The van der Waals surface area contributed by atoms with Crippen molar-refractivity contribution in [1.29, 1.82) is 0 Å². The maximum atomic E-state index is 9.36. The highest BCUT2D eigenvalue weighted by Crippen LogP contribution is 2.26. The van der Waals surface area contributed by atoms with Crippen LogP contribution in [0.15, 0.2) is 22.7 Å². The molecular weight excluding hydrogens is 316 g/mol. The first kappa shape index (κ1) is 15.9. The molecule has 0 amide bonds. The summed E-state index contributed by atoms with van der Waals surface area (Å²) in [6.45, 7) is 4.31. The van der Waals surface area contributed by atoms with Crippen LogP contribution >= 0.6 is 27.5 Å². The van der Waals surface area contributed by atoms with Gasteiger partial charge in [-0.2, -0.15) is 0 Å². The maximum Gasteiger partial charge on any atom is 0.0551 e. The van der Waals surface area contributed by atoms with Crippen LogP contribution in [0.25, 0.3) is 0 Å². The van der Waals surface area contributed by atoms with Gasteiger partial charge in [0, 0.05) is 23.1 Å². The average Bonchev–Trinajstić information content (AvgIpc) is 2.29. The standard InChI is InChI=1S/C13H20BrClN2O/c1-8(5-9(2)18)17-13(7-16)10-3-4-11(14)12(15)6-10/h3-4,6,8-9,13,17-18H,5,7,16H2,1-2H3. The monoisotopic (exact) mass is 334 g/mol. The summed E-state index contributed by atoms with van der Waals surface area (Å²) in [5.74, 6) is 0. The molecule has 0 fully saturated rings. The van der Waals surface area contributed by atoms with E-state index in [0.717, 1.165) is 10.0 Å². The van der Waals surface area contributed by atoms with E-state index in [4.69, 9.17) is 17.3 Å². The fraction of sp³-hybridized carbons (Fsp3) is 0.538. The Morgan fingerprint density at radius 2 is 2.11 bits per heavy atom. The van der Waals surface area contributed by atoms with Crippen LogP contribution in [0.4, 0.5) is 0 Å². The third-order valence-electron chi connectivity index (χ3n) is 2.76. The molecule has 0 aromatic heterocycles. The maximum absolute atomic E-state index is 9.36. The van der Waals surface area contributed by atoms with E-state index < -0.39 is 0 Å². The molecule has 3 unspecified atom stereocenters. The Morgan fingerprint density at radius 1 is 1.44 bits per heavy atom. The number of nitrogens with one attached hydrogen (secondary N) is 1. The van der Waals surface area contributed by atoms with Gasteiger partial charge in [-0.15, -0.1) is 0 Å². The van der Waals surface area contributed by atoms with E-state index in [-0.39, 0.29) is 18.2 Å². The number of benzene rings is 1. The molecule has 1 rings (SSSR count). The van der Waals surface area contributed by atoms with Crippen LogP contribution in [0, 0.1) is 0 Å². The summed E-state index contributed by atoms with van der Waals surface area (Å²) < 4.78 is 0.876. The molecular formula is C13H20BrClN2O. The zero-order valence-corrected chi connectivity index (χ0v) is 13.0. The van der Waals surface area contributed by atoms with Gasteiger partial charge in [0.2, 0.25) is 0 Å². The quantitative estimate of drug-likeness (QED) is 0.749. The summed E-state index contributed by atoms with van der Waals surface area (Å²) in [5, 5.41) is 13.4. The molecule has 0 aliphatic carbocycles. The van der Waals surface area contributed by atoms with E-state index in [1.807, 2.05) is 25.1 Å². The Balaban J connectivity index is 2.73.